The van der Waals surface area contributed by atoms with E-state index in [4.69, 9.17) is 23.1 Å². The molecule has 1 aliphatic carbocycles. The van der Waals surface area contributed by atoms with E-state index in [1.807, 2.05) is 6.08 Å². The van der Waals surface area contributed by atoms with Gasteiger partial charge in [-0.15, -0.1) is 11.3 Å². The molecule has 6 nitrogen and oxygen atoms in total. The molecule has 124 valence electrons. The molecule has 0 saturated carbocycles. The van der Waals surface area contributed by atoms with Gasteiger partial charge in [-0.25, -0.2) is 4.98 Å². The SMILES string of the molecule is NC(=O)C(C(N)=NC1CCCNC1)c1nc2c(s1)C(Cl)=CCC2. The Labute approximate surface area is 144 Å². The monoisotopic (exact) mass is 353 g/mol. The zero-order valence-corrected chi connectivity index (χ0v) is 14.3. The number of thiazole rings is 1. The van der Waals surface area contributed by atoms with E-state index in [2.05, 4.69) is 15.3 Å². The zero-order chi connectivity index (χ0) is 16.4. The van der Waals surface area contributed by atoms with E-state index in [1.165, 1.54) is 11.3 Å². The molecule has 5 N–H and O–H groups in total. The number of aryl methyl sites for hydroxylation is 1. The highest BCUT2D eigenvalue weighted by molar-refractivity contribution is 7.14. The van der Waals surface area contributed by atoms with Crippen LogP contribution in [0.1, 0.15) is 40.8 Å². The van der Waals surface area contributed by atoms with Crippen molar-refractivity contribution in [2.75, 3.05) is 13.1 Å². The Morgan fingerprint density at radius 3 is 3.00 bits per heavy atom. The molecule has 1 fully saturated rings. The van der Waals surface area contributed by atoms with Gasteiger partial charge in [0, 0.05) is 6.54 Å². The molecule has 2 atom stereocenters. The van der Waals surface area contributed by atoms with E-state index in [0.29, 0.717) is 10.0 Å². The zero-order valence-electron chi connectivity index (χ0n) is 12.7. The number of carbonyl (C=O) groups is 1. The lowest BCUT2D eigenvalue weighted by Crippen LogP contribution is -2.38. The number of nitrogens with zero attached hydrogens (tertiary/aromatic N) is 2. The fraction of sp³-hybridized carbons (Fsp3) is 0.533. The van der Waals surface area contributed by atoms with Gasteiger partial charge in [-0.3, -0.25) is 9.79 Å². The molecule has 2 aliphatic rings. The molecule has 0 aromatic carbocycles. The minimum absolute atomic E-state index is 0.0867. The van der Waals surface area contributed by atoms with E-state index in [9.17, 15) is 4.79 Å². The fourth-order valence-electron chi connectivity index (χ4n) is 2.90. The summed E-state index contributed by atoms with van der Waals surface area (Å²) in [7, 11) is 0. The second-order valence-electron chi connectivity index (χ2n) is 5.81. The number of carbonyl (C=O) groups excluding carboxylic acids is 1. The van der Waals surface area contributed by atoms with Crippen molar-refractivity contribution < 1.29 is 4.79 Å². The molecular weight excluding hydrogens is 334 g/mol. The maximum Gasteiger partial charge on any atom is 0.235 e. The fourth-order valence-corrected chi connectivity index (χ4v) is 4.40. The number of primary amides is 1. The van der Waals surface area contributed by atoms with E-state index in [0.717, 1.165) is 49.3 Å². The van der Waals surface area contributed by atoms with Crippen molar-refractivity contribution in [2.24, 2.45) is 16.5 Å². The number of allylic oxidation sites excluding steroid dienone is 1. The molecule has 23 heavy (non-hydrogen) atoms. The standard InChI is InChI=1S/C15H20ClN5OS/c16-9-4-1-5-10-12(9)23-15(21-10)11(14(18)22)13(17)20-8-3-2-6-19-7-8/h4,8,11,19H,1-3,5-7H2,(H2,17,20)(H2,18,22). The van der Waals surface area contributed by atoms with Crippen molar-refractivity contribution in [2.45, 2.75) is 37.6 Å². The first-order chi connectivity index (χ1) is 11.1. The van der Waals surface area contributed by atoms with Gasteiger partial charge in [0.1, 0.15) is 16.8 Å². The van der Waals surface area contributed by atoms with Crippen LogP contribution < -0.4 is 16.8 Å². The lowest BCUT2D eigenvalue weighted by molar-refractivity contribution is -0.118. The van der Waals surface area contributed by atoms with Crippen molar-refractivity contribution >= 4 is 39.7 Å². The maximum absolute atomic E-state index is 11.9. The largest absolute Gasteiger partial charge is 0.386 e. The Hall–Kier alpha value is -1.44. The smallest absolute Gasteiger partial charge is 0.235 e. The average Bonchev–Trinajstić information content (AvgIpc) is 2.93. The normalized spacial score (nSPS) is 23.1. The number of rotatable bonds is 4. The van der Waals surface area contributed by atoms with E-state index < -0.39 is 11.8 Å². The number of hydrogen-bond donors (Lipinski definition) is 3. The second-order valence-corrected chi connectivity index (χ2v) is 7.25. The summed E-state index contributed by atoms with van der Waals surface area (Å²) in [5, 5.41) is 4.55. The first-order valence-corrected chi connectivity index (χ1v) is 8.94. The van der Waals surface area contributed by atoms with Crippen molar-refractivity contribution in [1.29, 1.82) is 0 Å². The summed E-state index contributed by atoms with van der Waals surface area (Å²) >= 11 is 7.61. The highest BCUT2D eigenvalue weighted by Gasteiger charge is 2.29. The minimum atomic E-state index is -0.781. The Kier molecular flexibility index (Phi) is 4.99. The predicted molar refractivity (Wildman–Crippen MR) is 93.7 cm³/mol. The quantitative estimate of drug-likeness (QED) is 0.561. The highest BCUT2D eigenvalue weighted by Crippen LogP contribution is 2.36. The van der Waals surface area contributed by atoms with Crippen LogP contribution in [0.3, 0.4) is 0 Å². The number of halogens is 1. The van der Waals surface area contributed by atoms with Crippen LogP contribution in [-0.4, -0.2) is 35.9 Å². The Balaban J connectivity index is 1.88. The molecular formula is C15H20ClN5OS. The highest BCUT2D eigenvalue weighted by atomic mass is 35.5. The number of aromatic nitrogens is 1. The van der Waals surface area contributed by atoms with E-state index in [-0.39, 0.29) is 11.9 Å². The lowest BCUT2D eigenvalue weighted by Gasteiger charge is -2.21. The van der Waals surface area contributed by atoms with E-state index in [1.54, 1.807) is 0 Å². The van der Waals surface area contributed by atoms with Gasteiger partial charge in [0.15, 0.2) is 0 Å². The molecule has 3 rings (SSSR count). The Morgan fingerprint density at radius 1 is 1.52 bits per heavy atom. The summed E-state index contributed by atoms with van der Waals surface area (Å²) in [5.74, 6) is -1.06. The summed E-state index contributed by atoms with van der Waals surface area (Å²) in [4.78, 5) is 21.9. The number of fused-ring (bicyclic) bond motifs is 1. The number of amidine groups is 1. The third-order valence-corrected chi connectivity index (χ3v) is 5.72. The number of nitrogens with one attached hydrogen (secondary N) is 1. The van der Waals surface area contributed by atoms with Crippen LogP contribution in [0.2, 0.25) is 0 Å². The number of piperidine rings is 1. The summed E-state index contributed by atoms with van der Waals surface area (Å²) < 4.78 is 0. The van der Waals surface area contributed by atoms with Crippen LogP contribution >= 0.6 is 22.9 Å². The average molecular weight is 354 g/mol. The van der Waals surface area contributed by atoms with Crippen molar-refractivity contribution in [3.8, 4) is 0 Å². The number of hydrogen-bond acceptors (Lipinski definition) is 5. The van der Waals surface area contributed by atoms with E-state index >= 15 is 0 Å². The van der Waals surface area contributed by atoms with Crippen LogP contribution in [-0.2, 0) is 11.2 Å². The molecule has 0 radical (unpaired) electrons. The maximum atomic E-state index is 11.9. The third kappa shape index (κ3) is 3.57. The first-order valence-electron chi connectivity index (χ1n) is 7.75. The molecule has 2 unspecified atom stereocenters. The topological polar surface area (TPSA) is 106 Å². The van der Waals surface area contributed by atoms with Gasteiger partial charge in [0.25, 0.3) is 0 Å². The molecule has 1 aromatic heterocycles. The van der Waals surface area contributed by atoms with Crippen LogP contribution in [0.15, 0.2) is 11.1 Å². The minimum Gasteiger partial charge on any atom is -0.386 e. The molecule has 1 saturated heterocycles. The molecule has 2 heterocycles. The number of nitrogens with two attached hydrogens (primary N) is 2. The predicted octanol–water partition coefficient (Wildman–Crippen LogP) is 1.35. The van der Waals surface area contributed by atoms with Crippen LogP contribution in [0.5, 0.6) is 0 Å². The van der Waals surface area contributed by atoms with Gasteiger partial charge in [0.05, 0.1) is 21.6 Å². The summed E-state index contributed by atoms with van der Waals surface area (Å²) in [6.45, 7) is 1.77. The molecule has 0 spiro atoms. The molecule has 0 bridgehead atoms. The summed E-state index contributed by atoms with van der Waals surface area (Å²) in [6.07, 6.45) is 5.65. The summed E-state index contributed by atoms with van der Waals surface area (Å²) in [6, 6.07) is 0.0867. The molecule has 1 amide bonds. The van der Waals surface area contributed by atoms with Gasteiger partial charge in [0.2, 0.25) is 5.91 Å². The van der Waals surface area contributed by atoms with Crippen LogP contribution in [0, 0.1) is 0 Å². The van der Waals surface area contributed by atoms with Gasteiger partial charge in [-0.05, 0) is 32.2 Å². The molecule has 8 heteroatoms. The van der Waals surface area contributed by atoms with Crippen molar-refractivity contribution in [3.05, 3.63) is 21.7 Å². The number of aliphatic imine (C=N–C) groups is 1. The van der Waals surface area contributed by atoms with Crippen LogP contribution in [0.25, 0.3) is 5.03 Å². The molecule has 1 aromatic rings. The second kappa shape index (κ2) is 6.98. The Morgan fingerprint density at radius 2 is 2.35 bits per heavy atom. The Bertz CT molecular complexity index is 663. The summed E-state index contributed by atoms with van der Waals surface area (Å²) in [5.41, 5.74) is 12.6. The lowest BCUT2D eigenvalue weighted by atomic mass is 10.1. The van der Waals surface area contributed by atoms with Crippen molar-refractivity contribution in [3.63, 3.8) is 0 Å². The van der Waals surface area contributed by atoms with Gasteiger partial charge in [-0.1, -0.05) is 17.7 Å². The third-order valence-electron chi connectivity index (χ3n) is 4.07. The van der Waals surface area contributed by atoms with Crippen molar-refractivity contribution in [1.82, 2.24) is 10.3 Å². The first kappa shape index (κ1) is 16.4. The van der Waals surface area contributed by atoms with Gasteiger partial charge in [-0.2, -0.15) is 0 Å². The van der Waals surface area contributed by atoms with Gasteiger partial charge < -0.3 is 16.8 Å². The van der Waals surface area contributed by atoms with Gasteiger partial charge >= 0.3 is 0 Å². The molecule has 1 aliphatic heterocycles. The number of amides is 1. The van der Waals surface area contributed by atoms with Crippen LogP contribution in [0.4, 0.5) is 0 Å².